The Hall–Kier alpha value is -1.97. The lowest BCUT2D eigenvalue weighted by molar-refractivity contribution is -0.141. The first kappa shape index (κ1) is 12.5. The number of benzene rings is 1. The molecule has 2 rings (SSSR count). The number of hydrogen-bond acceptors (Lipinski definition) is 2. The first-order valence-corrected chi connectivity index (χ1v) is 5.90. The number of carboxylic acid groups (broad SMARTS) is 1. The summed E-state index contributed by atoms with van der Waals surface area (Å²) in [6.45, 7) is 3.69. The van der Waals surface area contributed by atoms with E-state index in [4.69, 9.17) is 9.84 Å². The molecule has 0 saturated heterocycles. The van der Waals surface area contributed by atoms with Crippen LogP contribution >= 0.6 is 0 Å². The predicted octanol–water partition coefficient (Wildman–Crippen LogP) is 2.75. The molecule has 1 atom stereocenters. The van der Waals surface area contributed by atoms with Crippen LogP contribution in [0.2, 0.25) is 0 Å². The van der Waals surface area contributed by atoms with Crippen molar-refractivity contribution in [2.75, 3.05) is 7.11 Å². The molecule has 0 aliphatic heterocycles. The highest BCUT2D eigenvalue weighted by Crippen LogP contribution is 2.28. The number of aromatic nitrogens is 1. The average Bonchev–Trinajstić information content (AvgIpc) is 2.66. The number of nitrogens with one attached hydrogen (secondary N) is 1. The number of ether oxygens (including phenoxy) is 1. The van der Waals surface area contributed by atoms with Crippen molar-refractivity contribution in [3.63, 3.8) is 0 Å². The van der Waals surface area contributed by atoms with E-state index in [2.05, 4.69) is 4.98 Å². The fraction of sp³-hybridized carbons (Fsp3) is 0.357. The van der Waals surface area contributed by atoms with Crippen LogP contribution < -0.4 is 4.74 Å². The topological polar surface area (TPSA) is 62.3 Å². The maximum Gasteiger partial charge on any atom is 0.306 e. The third-order valence-electron chi connectivity index (χ3n) is 3.10. The second kappa shape index (κ2) is 4.72. The number of carboxylic acids is 1. The molecular formula is C14H17NO3. The summed E-state index contributed by atoms with van der Waals surface area (Å²) in [5, 5.41) is 10.1. The fourth-order valence-electron chi connectivity index (χ4n) is 2.12. The summed E-state index contributed by atoms with van der Waals surface area (Å²) in [4.78, 5) is 14.2. The SMILES string of the molecule is COc1cc2cc(C)[nH]c2cc1CC(C)C(=O)O. The number of aromatic amines is 1. The van der Waals surface area contributed by atoms with Crippen LogP contribution in [0.1, 0.15) is 18.2 Å². The minimum Gasteiger partial charge on any atom is -0.496 e. The molecule has 4 heteroatoms. The Morgan fingerprint density at radius 3 is 2.78 bits per heavy atom. The first-order valence-electron chi connectivity index (χ1n) is 5.90. The summed E-state index contributed by atoms with van der Waals surface area (Å²) in [6, 6.07) is 5.96. The van der Waals surface area contributed by atoms with E-state index in [9.17, 15) is 4.79 Å². The number of carbonyl (C=O) groups is 1. The zero-order chi connectivity index (χ0) is 13.3. The highest BCUT2D eigenvalue weighted by molar-refractivity contribution is 5.83. The van der Waals surface area contributed by atoms with Crippen LogP contribution in [-0.4, -0.2) is 23.2 Å². The van der Waals surface area contributed by atoms with E-state index in [0.29, 0.717) is 6.42 Å². The highest BCUT2D eigenvalue weighted by Gasteiger charge is 2.15. The van der Waals surface area contributed by atoms with Gasteiger partial charge in [0.15, 0.2) is 0 Å². The Morgan fingerprint density at radius 2 is 2.17 bits per heavy atom. The maximum absolute atomic E-state index is 10.9. The van der Waals surface area contributed by atoms with Gasteiger partial charge in [-0.25, -0.2) is 0 Å². The molecule has 0 amide bonds. The molecule has 1 unspecified atom stereocenters. The van der Waals surface area contributed by atoms with Crippen molar-refractivity contribution in [3.05, 3.63) is 29.5 Å². The number of rotatable bonds is 4. The maximum atomic E-state index is 10.9. The van der Waals surface area contributed by atoms with Crippen LogP contribution in [0, 0.1) is 12.8 Å². The van der Waals surface area contributed by atoms with Gasteiger partial charge in [0.05, 0.1) is 13.0 Å². The van der Waals surface area contributed by atoms with Gasteiger partial charge in [-0.05, 0) is 37.1 Å². The van der Waals surface area contributed by atoms with Crippen LogP contribution in [0.3, 0.4) is 0 Å². The lowest BCUT2D eigenvalue weighted by Crippen LogP contribution is -2.12. The van der Waals surface area contributed by atoms with Gasteiger partial charge in [-0.15, -0.1) is 0 Å². The monoisotopic (exact) mass is 247 g/mol. The van der Waals surface area contributed by atoms with Gasteiger partial charge in [-0.3, -0.25) is 4.79 Å². The van der Waals surface area contributed by atoms with E-state index in [1.54, 1.807) is 14.0 Å². The molecule has 0 aliphatic rings. The van der Waals surface area contributed by atoms with Crippen LogP contribution in [-0.2, 0) is 11.2 Å². The molecule has 4 nitrogen and oxygen atoms in total. The van der Waals surface area contributed by atoms with Gasteiger partial charge in [-0.1, -0.05) is 6.92 Å². The van der Waals surface area contributed by atoms with Gasteiger partial charge in [0, 0.05) is 16.6 Å². The molecule has 18 heavy (non-hydrogen) atoms. The van der Waals surface area contributed by atoms with Gasteiger partial charge in [0.2, 0.25) is 0 Å². The molecule has 1 aromatic heterocycles. The third kappa shape index (κ3) is 2.32. The molecule has 2 aromatic rings. The predicted molar refractivity (Wildman–Crippen MR) is 70.1 cm³/mol. The van der Waals surface area contributed by atoms with Gasteiger partial charge >= 0.3 is 5.97 Å². The smallest absolute Gasteiger partial charge is 0.306 e. The third-order valence-corrected chi connectivity index (χ3v) is 3.10. The standard InChI is InChI=1S/C14H17NO3/c1-8(14(16)17)4-11-6-12-10(5-9(2)15-12)7-13(11)18-3/h5-8,15H,4H2,1-3H3,(H,16,17). The van der Waals surface area contributed by atoms with Gasteiger partial charge in [0.25, 0.3) is 0 Å². The van der Waals surface area contributed by atoms with Gasteiger partial charge < -0.3 is 14.8 Å². The van der Waals surface area contributed by atoms with Crippen LogP contribution in [0.25, 0.3) is 10.9 Å². The zero-order valence-electron chi connectivity index (χ0n) is 10.8. The summed E-state index contributed by atoms with van der Waals surface area (Å²) in [6.07, 6.45) is 0.465. The molecule has 0 bridgehead atoms. The van der Waals surface area contributed by atoms with Crippen LogP contribution in [0.4, 0.5) is 0 Å². The number of H-pyrrole nitrogens is 1. The number of methoxy groups -OCH3 is 1. The van der Waals surface area contributed by atoms with E-state index < -0.39 is 11.9 Å². The average molecular weight is 247 g/mol. The van der Waals surface area contributed by atoms with Crippen molar-refractivity contribution in [3.8, 4) is 5.75 Å². The molecule has 1 heterocycles. The van der Waals surface area contributed by atoms with Crippen molar-refractivity contribution in [1.29, 1.82) is 0 Å². The number of hydrogen-bond donors (Lipinski definition) is 2. The molecule has 1 aromatic carbocycles. The number of aliphatic carboxylic acids is 1. The largest absolute Gasteiger partial charge is 0.496 e. The zero-order valence-corrected chi connectivity index (χ0v) is 10.8. The second-order valence-electron chi connectivity index (χ2n) is 4.65. The Balaban J connectivity index is 2.44. The lowest BCUT2D eigenvalue weighted by Gasteiger charge is -2.11. The minimum absolute atomic E-state index is 0.424. The Bertz CT molecular complexity index is 586. The normalized spacial score (nSPS) is 12.6. The summed E-state index contributed by atoms with van der Waals surface area (Å²) in [7, 11) is 1.61. The summed E-state index contributed by atoms with van der Waals surface area (Å²) in [5.74, 6) is -0.471. The Kier molecular flexibility index (Phi) is 3.28. The van der Waals surface area contributed by atoms with Gasteiger partial charge in [0.1, 0.15) is 5.75 Å². The van der Waals surface area contributed by atoms with Crippen molar-refractivity contribution < 1.29 is 14.6 Å². The van der Waals surface area contributed by atoms with E-state index in [1.807, 2.05) is 25.1 Å². The van der Waals surface area contributed by atoms with E-state index in [0.717, 1.165) is 27.9 Å². The molecule has 0 aliphatic carbocycles. The molecule has 96 valence electrons. The first-order chi connectivity index (χ1) is 8.51. The molecule has 2 N–H and O–H groups in total. The van der Waals surface area contributed by atoms with Crippen molar-refractivity contribution >= 4 is 16.9 Å². The van der Waals surface area contributed by atoms with E-state index in [1.165, 1.54) is 0 Å². The highest BCUT2D eigenvalue weighted by atomic mass is 16.5. The van der Waals surface area contributed by atoms with Crippen molar-refractivity contribution in [2.45, 2.75) is 20.3 Å². The van der Waals surface area contributed by atoms with Crippen LogP contribution in [0.5, 0.6) is 5.75 Å². The van der Waals surface area contributed by atoms with Crippen LogP contribution in [0.15, 0.2) is 18.2 Å². The van der Waals surface area contributed by atoms with Gasteiger partial charge in [-0.2, -0.15) is 0 Å². The Morgan fingerprint density at radius 1 is 1.44 bits per heavy atom. The summed E-state index contributed by atoms with van der Waals surface area (Å²) < 4.78 is 5.34. The summed E-state index contributed by atoms with van der Waals surface area (Å²) in [5.41, 5.74) is 3.01. The van der Waals surface area contributed by atoms with Crippen molar-refractivity contribution in [1.82, 2.24) is 4.98 Å². The minimum atomic E-state index is -0.792. The molecule has 0 spiro atoms. The number of aryl methyl sites for hydroxylation is 1. The lowest BCUT2D eigenvalue weighted by atomic mass is 9.99. The fourth-order valence-corrected chi connectivity index (χ4v) is 2.12. The molecule has 0 saturated carbocycles. The van der Waals surface area contributed by atoms with E-state index in [-0.39, 0.29) is 0 Å². The summed E-state index contributed by atoms with van der Waals surface area (Å²) >= 11 is 0. The molecular weight excluding hydrogens is 230 g/mol. The van der Waals surface area contributed by atoms with E-state index >= 15 is 0 Å². The molecule has 0 radical (unpaired) electrons. The number of fused-ring (bicyclic) bond motifs is 1. The molecule has 0 fully saturated rings. The van der Waals surface area contributed by atoms with Crippen molar-refractivity contribution in [2.24, 2.45) is 5.92 Å². The quantitative estimate of drug-likeness (QED) is 0.873. The Labute approximate surface area is 106 Å². The second-order valence-corrected chi connectivity index (χ2v) is 4.65.